The summed E-state index contributed by atoms with van der Waals surface area (Å²) in [7, 11) is -3.49. The molecule has 1 saturated heterocycles. The van der Waals surface area contributed by atoms with Gasteiger partial charge in [0.15, 0.2) is 15.0 Å². The number of aromatic nitrogens is 1. The van der Waals surface area contributed by atoms with Gasteiger partial charge in [0.05, 0.1) is 16.0 Å². The predicted molar refractivity (Wildman–Crippen MR) is 120 cm³/mol. The zero-order valence-electron chi connectivity index (χ0n) is 15.6. The molecule has 2 heterocycles. The molecule has 0 radical (unpaired) electrons. The Hall–Kier alpha value is -1.97. The maximum atomic E-state index is 12.5. The summed E-state index contributed by atoms with van der Waals surface area (Å²) in [5.74, 6) is -0.883. The molecule has 0 N–H and O–H groups in total. The van der Waals surface area contributed by atoms with E-state index in [4.69, 9.17) is 0 Å². The third-order valence-corrected chi connectivity index (χ3v) is 7.85. The molecule has 1 aliphatic rings. The largest absolute Gasteiger partial charge is 0.345 e. The lowest BCUT2D eigenvalue weighted by atomic mass is 10.2. The molecule has 29 heavy (non-hydrogen) atoms. The highest BCUT2D eigenvalue weighted by molar-refractivity contribution is 9.10. The van der Waals surface area contributed by atoms with Crippen LogP contribution in [0.2, 0.25) is 0 Å². The van der Waals surface area contributed by atoms with Gasteiger partial charge in [0, 0.05) is 30.7 Å². The zero-order valence-corrected chi connectivity index (χ0v) is 18.8. The van der Waals surface area contributed by atoms with Gasteiger partial charge >= 0.3 is 0 Å². The van der Waals surface area contributed by atoms with Crippen molar-refractivity contribution in [2.45, 2.75) is 5.75 Å². The van der Waals surface area contributed by atoms with E-state index in [0.717, 1.165) is 19.8 Å². The number of hydrogen-bond donors (Lipinski definition) is 0. The van der Waals surface area contributed by atoms with E-state index in [1.807, 2.05) is 24.3 Å². The molecular weight excluding hydrogens is 474 g/mol. The standard InChI is InChI=1S/C20H20BrN3O3S2/c21-16-6-7-17-18(12-16)28-20(22-17)24-10-8-23(9-11-24)19(25)14-29(26,27)13-15-4-2-1-3-5-15/h1-7,12H,8-11,13-14H2. The highest BCUT2D eigenvalue weighted by Crippen LogP contribution is 2.31. The van der Waals surface area contributed by atoms with Crippen LogP contribution in [0.15, 0.2) is 53.0 Å². The highest BCUT2D eigenvalue weighted by Gasteiger charge is 2.26. The Morgan fingerprint density at radius 2 is 1.79 bits per heavy atom. The number of hydrogen-bond acceptors (Lipinski definition) is 6. The molecule has 3 aromatic rings. The van der Waals surface area contributed by atoms with Gasteiger partial charge in [0.2, 0.25) is 5.91 Å². The first-order chi connectivity index (χ1) is 13.9. The number of nitrogens with zero attached hydrogens (tertiary/aromatic N) is 3. The Morgan fingerprint density at radius 1 is 1.07 bits per heavy atom. The molecule has 0 aliphatic carbocycles. The van der Waals surface area contributed by atoms with Crippen LogP contribution in [0, 0.1) is 0 Å². The minimum absolute atomic E-state index is 0.110. The number of amides is 1. The van der Waals surface area contributed by atoms with E-state index >= 15 is 0 Å². The summed E-state index contributed by atoms with van der Waals surface area (Å²) in [6.45, 7) is 2.29. The van der Waals surface area contributed by atoms with E-state index < -0.39 is 15.6 Å². The maximum absolute atomic E-state index is 12.5. The molecular formula is C20H20BrN3O3S2. The number of sulfone groups is 1. The number of carbonyl (C=O) groups excluding carboxylic acids is 1. The van der Waals surface area contributed by atoms with Crippen LogP contribution < -0.4 is 4.90 Å². The average molecular weight is 494 g/mol. The van der Waals surface area contributed by atoms with E-state index in [9.17, 15) is 13.2 Å². The Labute approximate surface area is 182 Å². The third kappa shape index (κ3) is 4.96. The number of halogens is 1. The number of anilines is 1. The third-order valence-electron chi connectivity index (χ3n) is 4.81. The van der Waals surface area contributed by atoms with Crippen molar-refractivity contribution in [2.24, 2.45) is 0 Å². The minimum atomic E-state index is -3.49. The number of fused-ring (bicyclic) bond motifs is 1. The van der Waals surface area contributed by atoms with Gasteiger partial charge in [-0.15, -0.1) is 0 Å². The summed E-state index contributed by atoms with van der Waals surface area (Å²) < 4.78 is 26.9. The first-order valence-electron chi connectivity index (χ1n) is 9.23. The summed E-state index contributed by atoms with van der Waals surface area (Å²) >= 11 is 5.10. The molecule has 9 heteroatoms. The van der Waals surface area contributed by atoms with Crippen LogP contribution >= 0.6 is 27.3 Å². The Morgan fingerprint density at radius 3 is 2.52 bits per heavy atom. The van der Waals surface area contributed by atoms with Crippen molar-refractivity contribution in [3.05, 3.63) is 58.6 Å². The second-order valence-corrected chi connectivity index (χ2v) is 11.0. The Kier molecular flexibility index (Phi) is 5.89. The van der Waals surface area contributed by atoms with E-state index in [-0.39, 0.29) is 11.7 Å². The first-order valence-corrected chi connectivity index (χ1v) is 12.7. The number of carbonyl (C=O) groups is 1. The number of rotatable bonds is 5. The quantitative estimate of drug-likeness (QED) is 0.545. The summed E-state index contributed by atoms with van der Waals surface area (Å²) in [4.78, 5) is 21.0. The number of piperazine rings is 1. The lowest BCUT2D eigenvalue weighted by Gasteiger charge is -2.34. The molecule has 0 atom stereocenters. The fourth-order valence-electron chi connectivity index (χ4n) is 3.33. The fourth-order valence-corrected chi connectivity index (χ4v) is 6.26. The average Bonchev–Trinajstić information content (AvgIpc) is 3.11. The van der Waals surface area contributed by atoms with E-state index in [1.54, 1.807) is 40.5 Å². The van der Waals surface area contributed by atoms with Crippen LogP contribution in [0.4, 0.5) is 5.13 Å². The van der Waals surface area contributed by atoms with Crippen molar-refractivity contribution in [3.63, 3.8) is 0 Å². The lowest BCUT2D eigenvalue weighted by molar-refractivity contribution is -0.128. The molecule has 4 rings (SSSR count). The van der Waals surface area contributed by atoms with Crippen molar-refractivity contribution in [3.8, 4) is 0 Å². The fraction of sp³-hybridized carbons (Fsp3) is 0.300. The normalized spacial score (nSPS) is 15.1. The molecule has 0 bridgehead atoms. The Balaban J connectivity index is 1.35. The van der Waals surface area contributed by atoms with Crippen LogP contribution in [0.3, 0.4) is 0 Å². The molecule has 0 unspecified atom stereocenters. The van der Waals surface area contributed by atoms with Gasteiger partial charge in [0.1, 0.15) is 5.75 Å². The number of thiazole rings is 1. The van der Waals surface area contributed by atoms with Crippen LogP contribution in [0.25, 0.3) is 10.2 Å². The molecule has 152 valence electrons. The van der Waals surface area contributed by atoms with Gasteiger partial charge in [-0.25, -0.2) is 13.4 Å². The van der Waals surface area contributed by atoms with E-state index in [2.05, 4.69) is 25.8 Å². The minimum Gasteiger partial charge on any atom is -0.345 e. The van der Waals surface area contributed by atoms with Crippen LogP contribution in [0.5, 0.6) is 0 Å². The summed E-state index contributed by atoms with van der Waals surface area (Å²) in [5, 5.41) is 0.932. The monoisotopic (exact) mass is 493 g/mol. The second-order valence-electron chi connectivity index (χ2n) is 6.99. The van der Waals surface area contributed by atoms with Crippen LogP contribution in [0.1, 0.15) is 5.56 Å². The van der Waals surface area contributed by atoms with E-state index in [0.29, 0.717) is 31.7 Å². The lowest BCUT2D eigenvalue weighted by Crippen LogP contribution is -2.50. The maximum Gasteiger partial charge on any atom is 0.237 e. The van der Waals surface area contributed by atoms with Gasteiger partial charge in [-0.3, -0.25) is 4.79 Å². The second kappa shape index (κ2) is 8.41. The first kappa shape index (κ1) is 20.3. The predicted octanol–water partition coefficient (Wildman–Crippen LogP) is 3.32. The number of benzene rings is 2. The molecule has 1 aromatic heterocycles. The Bertz CT molecular complexity index is 1120. The van der Waals surface area contributed by atoms with Crippen LogP contribution in [-0.4, -0.2) is 56.1 Å². The van der Waals surface area contributed by atoms with Crippen molar-refractivity contribution >= 4 is 58.4 Å². The zero-order chi connectivity index (χ0) is 20.4. The highest BCUT2D eigenvalue weighted by atomic mass is 79.9. The molecule has 0 spiro atoms. The van der Waals surface area contributed by atoms with Gasteiger partial charge in [0.25, 0.3) is 0 Å². The van der Waals surface area contributed by atoms with Gasteiger partial charge < -0.3 is 9.80 Å². The van der Waals surface area contributed by atoms with E-state index in [1.165, 1.54) is 0 Å². The smallest absolute Gasteiger partial charge is 0.237 e. The molecule has 6 nitrogen and oxygen atoms in total. The SMILES string of the molecule is O=C(CS(=O)(=O)Cc1ccccc1)N1CCN(c2nc3ccc(Br)cc3s2)CC1. The van der Waals surface area contributed by atoms with Gasteiger partial charge in [-0.05, 0) is 23.8 Å². The van der Waals surface area contributed by atoms with Gasteiger partial charge in [-0.2, -0.15) is 0 Å². The topological polar surface area (TPSA) is 70.6 Å². The summed E-state index contributed by atoms with van der Waals surface area (Å²) in [5.41, 5.74) is 1.66. The van der Waals surface area contributed by atoms with Crippen molar-refractivity contribution in [2.75, 3.05) is 36.8 Å². The summed E-state index contributed by atoms with van der Waals surface area (Å²) in [6, 6.07) is 15.0. The van der Waals surface area contributed by atoms with Crippen molar-refractivity contribution < 1.29 is 13.2 Å². The molecule has 1 aliphatic heterocycles. The van der Waals surface area contributed by atoms with Crippen molar-refractivity contribution in [1.29, 1.82) is 0 Å². The molecule has 1 fully saturated rings. The molecule has 2 aromatic carbocycles. The van der Waals surface area contributed by atoms with Gasteiger partial charge in [-0.1, -0.05) is 57.6 Å². The van der Waals surface area contributed by atoms with Crippen LogP contribution in [-0.2, 0) is 20.4 Å². The van der Waals surface area contributed by atoms with Crippen molar-refractivity contribution in [1.82, 2.24) is 9.88 Å². The summed E-state index contributed by atoms with van der Waals surface area (Å²) in [6.07, 6.45) is 0. The molecule has 1 amide bonds. The molecule has 0 saturated carbocycles.